The van der Waals surface area contributed by atoms with Crippen LogP contribution >= 0.6 is 15.9 Å². The standard InChI is InChI=1S/C31H29BrF7N5O3/c1-30(2,3)28(46)40-13-16-4-9-20(31(37,38)39)21(10-16)42-29-43-22-11-19(27(45)41-18-7-5-17(32)6-8-18)24(47-15-26(35)36)12-23(22)44(29)14-25(33)34/h4-12,25-26H,13-15H2,1-3H3,(H,40,46)(H,41,45)(H,42,43). The zero-order valence-corrected chi connectivity index (χ0v) is 26.7. The maximum absolute atomic E-state index is 14.0. The number of ether oxygens (including phenoxy) is 1. The van der Waals surface area contributed by atoms with E-state index in [4.69, 9.17) is 4.74 Å². The summed E-state index contributed by atoms with van der Waals surface area (Å²) in [4.78, 5) is 29.7. The van der Waals surface area contributed by atoms with Crippen molar-refractivity contribution in [3.05, 3.63) is 75.8 Å². The summed E-state index contributed by atoms with van der Waals surface area (Å²) in [7, 11) is 0. The summed E-state index contributed by atoms with van der Waals surface area (Å²) >= 11 is 3.27. The highest BCUT2D eigenvalue weighted by Crippen LogP contribution is 2.38. The number of imidazole rings is 1. The van der Waals surface area contributed by atoms with Crippen LogP contribution in [0.2, 0.25) is 0 Å². The van der Waals surface area contributed by atoms with Gasteiger partial charge in [-0.15, -0.1) is 0 Å². The van der Waals surface area contributed by atoms with Gasteiger partial charge in [-0.1, -0.05) is 42.8 Å². The van der Waals surface area contributed by atoms with Crippen molar-refractivity contribution in [3.63, 3.8) is 0 Å². The minimum absolute atomic E-state index is 0.111. The molecule has 4 rings (SSSR count). The summed E-state index contributed by atoms with van der Waals surface area (Å²) in [6.07, 6.45) is -10.8. The Morgan fingerprint density at radius 3 is 2.23 bits per heavy atom. The molecule has 0 aliphatic carbocycles. The van der Waals surface area contributed by atoms with E-state index in [0.717, 1.165) is 33.3 Å². The number of carbonyl (C=O) groups is 2. The quantitative estimate of drug-likeness (QED) is 0.135. The summed E-state index contributed by atoms with van der Waals surface area (Å²) in [5, 5.41) is 7.70. The lowest BCUT2D eigenvalue weighted by atomic mass is 9.95. The molecule has 2 amide bonds. The predicted octanol–water partition coefficient (Wildman–Crippen LogP) is 8.38. The van der Waals surface area contributed by atoms with E-state index >= 15 is 0 Å². The third-order valence-electron chi connectivity index (χ3n) is 6.65. The van der Waals surface area contributed by atoms with E-state index < -0.39 is 60.7 Å². The molecule has 3 N–H and O–H groups in total. The van der Waals surface area contributed by atoms with Gasteiger partial charge in [-0.3, -0.25) is 9.59 Å². The Balaban J connectivity index is 1.80. The molecule has 3 aromatic carbocycles. The normalized spacial score (nSPS) is 12.1. The molecule has 8 nitrogen and oxygen atoms in total. The fourth-order valence-electron chi connectivity index (χ4n) is 4.37. The van der Waals surface area contributed by atoms with E-state index in [1.807, 2.05) is 0 Å². The van der Waals surface area contributed by atoms with E-state index in [0.29, 0.717) is 5.69 Å². The maximum atomic E-state index is 14.0. The van der Waals surface area contributed by atoms with Crippen molar-refractivity contribution < 1.29 is 45.1 Å². The van der Waals surface area contributed by atoms with E-state index in [1.54, 1.807) is 45.0 Å². The van der Waals surface area contributed by atoms with Crippen LogP contribution in [0.5, 0.6) is 5.75 Å². The van der Waals surface area contributed by atoms with E-state index in [1.165, 1.54) is 6.07 Å². The zero-order valence-electron chi connectivity index (χ0n) is 25.1. The first kappa shape index (κ1) is 35.5. The number of aromatic nitrogens is 2. The molecular weight excluding hydrogens is 703 g/mol. The van der Waals surface area contributed by atoms with E-state index in [-0.39, 0.29) is 40.4 Å². The number of hydrogen-bond donors (Lipinski definition) is 3. The number of benzene rings is 3. The number of nitrogens with one attached hydrogen (secondary N) is 3. The Labute approximate surface area is 272 Å². The number of fused-ring (bicyclic) bond motifs is 1. The van der Waals surface area contributed by atoms with Crippen molar-refractivity contribution >= 4 is 56.1 Å². The number of anilines is 3. The van der Waals surface area contributed by atoms with Crippen LogP contribution in [-0.4, -0.2) is 40.8 Å². The van der Waals surface area contributed by atoms with Crippen LogP contribution in [-0.2, 0) is 24.1 Å². The first-order valence-corrected chi connectivity index (χ1v) is 14.8. The smallest absolute Gasteiger partial charge is 0.418 e. The Morgan fingerprint density at radius 1 is 0.957 bits per heavy atom. The van der Waals surface area contributed by atoms with Crippen LogP contribution in [0.15, 0.2) is 59.1 Å². The molecule has 0 atom stereocenters. The second-order valence-corrected chi connectivity index (χ2v) is 12.3. The Bertz CT molecular complexity index is 1750. The maximum Gasteiger partial charge on any atom is 0.418 e. The highest BCUT2D eigenvalue weighted by atomic mass is 79.9. The third kappa shape index (κ3) is 9.14. The van der Waals surface area contributed by atoms with Crippen LogP contribution < -0.4 is 20.7 Å². The molecule has 0 bridgehead atoms. The first-order valence-electron chi connectivity index (χ1n) is 14.0. The minimum atomic E-state index is -4.87. The molecule has 0 saturated carbocycles. The largest absolute Gasteiger partial charge is 0.487 e. The van der Waals surface area contributed by atoms with E-state index in [2.05, 4.69) is 36.9 Å². The lowest BCUT2D eigenvalue weighted by Crippen LogP contribution is -2.34. The highest BCUT2D eigenvalue weighted by Gasteiger charge is 2.34. The molecule has 1 aromatic heterocycles. The highest BCUT2D eigenvalue weighted by molar-refractivity contribution is 9.10. The summed E-state index contributed by atoms with van der Waals surface area (Å²) < 4.78 is 103. The van der Waals surface area contributed by atoms with Crippen LogP contribution in [0.1, 0.15) is 42.3 Å². The fourth-order valence-corrected chi connectivity index (χ4v) is 4.64. The summed E-state index contributed by atoms with van der Waals surface area (Å²) in [6.45, 7) is 2.67. The molecular formula is C31H29BrF7N5O3. The molecule has 0 spiro atoms. The number of hydrogen-bond acceptors (Lipinski definition) is 5. The molecule has 0 aliphatic rings. The molecule has 0 unspecified atom stereocenters. The lowest BCUT2D eigenvalue weighted by molar-refractivity contribution is -0.137. The van der Waals surface area contributed by atoms with Crippen LogP contribution in [0.4, 0.5) is 48.1 Å². The van der Waals surface area contributed by atoms with Crippen LogP contribution in [0, 0.1) is 5.41 Å². The number of nitrogens with zero attached hydrogens (tertiary/aromatic N) is 2. The third-order valence-corrected chi connectivity index (χ3v) is 7.18. The summed E-state index contributed by atoms with van der Waals surface area (Å²) in [5.41, 5.74) is -2.37. The van der Waals surface area contributed by atoms with Crippen molar-refractivity contribution in [1.82, 2.24) is 14.9 Å². The number of rotatable bonds is 11. The van der Waals surface area contributed by atoms with Crippen LogP contribution in [0.25, 0.3) is 11.0 Å². The average molecular weight is 732 g/mol. The molecule has 0 fully saturated rings. The van der Waals surface area contributed by atoms with E-state index in [9.17, 15) is 40.3 Å². The molecule has 0 aliphatic heterocycles. The lowest BCUT2D eigenvalue weighted by Gasteiger charge is -2.19. The summed E-state index contributed by atoms with van der Waals surface area (Å²) in [5.74, 6) is -2.00. The Hall–Kier alpha value is -4.34. The molecule has 0 radical (unpaired) electrons. The van der Waals surface area contributed by atoms with Gasteiger partial charge in [0.2, 0.25) is 11.9 Å². The van der Waals surface area contributed by atoms with Gasteiger partial charge in [-0.25, -0.2) is 22.5 Å². The molecule has 16 heteroatoms. The van der Waals surface area contributed by atoms with Crippen molar-refractivity contribution in [2.75, 3.05) is 17.2 Å². The second kappa shape index (κ2) is 14.2. The van der Waals surface area contributed by atoms with Crippen molar-refractivity contribution in [2.24, 2.45) is 5.41 Å². The number of alkyl halides is 7. The monoisotopic (exact) mass is 731 g/mol. The van der Waals surface area contributed by atoms with Gasteiger partial charge in [0, 0.05) is 28.2 Å². The van der Waals surface area contributed by atoms with Crippen LogP contribution in [0.3, 0.4) is 0 Å². The summed E-state index contributed by atoms with van der Waals surface area (Å²) in [6, 6.07) is 11.6. The fraction of sp³-hybridized carbons (Fsp3) is 0.323. The van der Waals surface area contributed by atoms with Gasteiger partial charge in [0.05, 0.1) is 34.4 Å². The van der Waals surface area contributed by atoms with Gasteiger partial charge < -0.3 is 25.3 Å². The van der Waals surface area contributed by atoms with Crippen molar-refractivity contribution in [1.29, 1.82) is 0 Å². The van der Waals surface area contributed by atoms with Gasteiger partial charge >= 0.3 is 6.18 Å². The van der Waals surface area contributed by atoms with Gasteiger partial charge in [-0.05, 0) is 48.0 Å². The minimum Gasteiger partial charge on any atom is -0.487 e. The first-order chi connectivity index (χ1) is 21.9. The number of carbonyl (C=O) groups excluding carboxylic acids is 2. The SMILES string of the molecule is CC(C)(C)C(=O)NCc1ccc(C(F)(F)F)c(Nc2nc3cc(C(=O)Nc4ccc(Br)cc4)c(OCC(F)F)cc3n2CC(F)F)c1. The predicted molar refractivity (Wildman–Crippen MR) is 165 cm³/mol. The molecule has 1 heterocycles. The second-order valence-electron chi connectivity index (χ2n) is 11.4. The Kier molecular flexibility index (Phi) is 10.7. The van der Waals surface area contributed by atoms with Crippen molar-refractivity contribution in [2.45, 2.75) is 52.9 Å². The average Bonchev–Trinajstić information content (AvgIpc) is 3.29. The van der Waals surface area contributed by atoms with Gasteiger partial charge in [0.15, 0.2) is 0 Å². The molecule has 4 aromatic rings. The van der Waals surface area contributed by atoms with Gasteiger partial charge in [-0.2, -0.15) is 13.2 Å². The Morgan fingerprint density at radius 2 is 1.64 bits per heavy atom. The van der Waals surface area contributed by atoms with Crippen molar-refractivity contribution in [3.8, 4) is 5.75 Å². The molecule has 47 heavy (non-hydrogen) atoms. The zero-order chi connectivity index (χ0) is 34.7. The van der Waals surface area contributed by atoms with Gasteiger partial charge in [0.25, 0.3) is 18.8 Å². The number of halogens is 8. The molecule has 0 saturated heterocycles. The molecule has 252 valence electrons. The van der Waals surface area contributed by atoms with Gasteiger partial charge in [0.1, 0.15) is 12.4 Å². The topological polar surface area (TPSA) is 97.3 Å². The number of amides is 2.